The highest BCUT2D eigenvalue weighted by atomic mass is 32.2. The molecule has 1 N–H and O–H groups in total. The van der Waals surface area contributed by atoms with Crippen molar-refractivity contribution in [1.82, 2.24) is 9.80 Å². The molecule has 2 amide bonds. The number of likely N-dealkylation sites (tertiary alicyclic amines) is 1. The number of hydrogen-bond donors (Lipinski definition) is 1. The molecule has 2 fully saturated rings. The highest BCUT2D eigenvalue weighted by molar-refractivity contribution is 8.02. The number of esters is 1. The second kappa shape index (κ2) is 9.01. The highest BCUT2D eigenvalue weighted by Gasteiger charge is 2.74. The number of ether oxygens (including phenoxy) is 1. The minimum atomic E-state index is -0.909. The van der Waals surface area contributed by atoms with Gasteiger partial charge in [0, 0.05) is 16.8 Å². The summed E-state index contributed by atoms with van der Waals surface area (Å²) in [5, 5.41) is 10.2. The van der Waals surface area contributed by atoms with Crippen LogP contribution in [0.15, 0.2) is 24.3 Å². The lowest BCUT2D eigenvalue weighted by atomic mass is 9.74. The lowest BCUT2D eigenvalue weighted by Crippen LogP contribution is -2.59. The minimum Gasteiger partial charge on any atom is -0.465 e. The number of carbonyl (C=O) groups excluding carboxylic acids is 3. The van der Waals surface area contributed by atoms with E-state index in [0.29, 0.717) is 19.6 Å². The van der Waals surface area contributed by atoms with Crippen LogP contribution < -0.4 is 0 Å². The van der Waals surface area contributed by atoms with Gasteiger partial charge in [-0.2, -0.15) is 0 Å². The average Bonchev–Trinajstić information content (AvgIpc) is 3.08. The molecule has 7 nitrogen and oxygen atoms in total. The number of rotatable bonds is 3. The maximum Gasteiger partial charge on any atom is 0.311 e. The first-order chi connectivity index (χ1) is 16.0. The summed E-state index contributed by atoms with van der Waals surface area (Å²) in [5.74, 6) is -2.17. The number of aliphatic hydroxyl groups is 1. The standard InChI is InChI=1S/C26H38N2O5S/c1-6-17(16-29)28-20-22(31)27(24(2,3)4)14-11-13-26(20)18(21(28)30)19-23(32)33-15-10-8-7-9-12-25(19,5)34-26/h9,11-13,17-20,29H,6-8,10,14-16H2,1-5H3/b12-9-/t17-,18-,19+,20?,25-,26-/m0/s1. The molecular formula is C26H38N2O5S. The Kier molecular flexibility index (Phi) is 6.70. The number of allylic oxidation sites excluding steroid dienone is 1. The van der Waals surface area contributed by atoms with E-state index in [9.17, 15) is 19.5 Å². The van der Waals surface area contributed by atoms with Gasteiger partial charge in [0.2, 0.25) is 11.8 Å². The molecule has 2 saturated heterocycles. The highest BCUT2D eigenvalue weighted by Crippen LogP contribution is 2.65. The molecule has 0 aromatic carbocycles. The Hall–Kier alpha value is -1.80. The summed E-state index contributed by atoms with van der Waals surface area (Å²) in [6.45, 7) is 10.4. The maximum atomic E-state index is 14.2. The van der Waals surface area contributed by atoms with Crippen LogP contribution >= 0.6 is 11.8 Å². The third-order valence-electron chi connectivity index (χ3n) is 7.82. The molecule has 4 heterocycles. The third-order valence-corrected chi connectivity index (χ3v) is 9.62. The number of hydrogen-bond acceptors (Lipinski definition) is 6. The van der Waals surface area contributed by atoms with Crippen LogP contribution in [0.1, 0.15) is 60.3 Å². The fraction of sp³-hybridized carbons (Fsp3) is 0.731. The molecule has 4 aliphatic rings. The summed E-state index contributed by atoms with van der Waals surface area (Å²) in [4.78, 5) is 45.3. The van der Waals surface area contributed by atoms with Crippen molar-refractivity contribution in [2.24, 2.45) is 11.8 Å². The molecule has 0 aromatic rings. The van der Waals surface area contributed by atoms with Gasteiger partial charge in [0.25, 0.3) is 0 Å². The summed E-state index contributed by atoms with van der Waals surface area (Å²) >= 11 is 1.55. The van der Waals surface area contributed by atoms with Crippen molar-refractivity contribution >= 4 is 29.5 Å². The molecule has 34 heavy (non-hydrogen) atoms. The van der Waals surface area contributed by atoms with Gasteiger partial charge in [-0.3, -0.25) is 14.4 Å². The minimum absolute atomic E-state index is 0.127. The molecule has 0 aliphatic carbocycles. The van der Waals surface area contributed by atoms with E-state index < -0.39 is 39.0 Å². The smallest absolute Gasteiger partial charge is 0.311 e. The van der Waals surface area contributed by atoms with Crippen molar-refractivity contribution in [2.45, 2.75) is 87.4 Å². The molecular weight excluding hydrogens is 452 g/mol. The number of thioether (sulfide) groups is 1. The molecule has 4 rings (SSSR count). The summed E-state index contributed by atoms with van der Waals surface area (Å²) in [6, 6.07) is -1.28. The van der Waals surface area contributed by atoms with Crippen molar-refractivity contribution < 1.29 is 24.2 Å². The number of nitrogens with zero attached hydrogens (tertiary/aromatic N) is 2. The Morgan fingerprint density at radius 3 is 2.53 bits per heavy atom. The Bertz CT molecular complexity index is 907. The molecule has 0 bridgehead atoms. The van der Waals surface area contributed by atoms with E-state index in [2.05, 4.69) is 12.2 Å². The number of carbonyl (C=O) groups is 3. The zero-order chi connectivity index (χ0) is 24.9. The zero-order valence-electron chi connectivity index (χ0n) is 21.0. The van der Waals surface area contributed by atoms with E-state index >= 15 is 0 Å². The van der Waals surface area contributed by atoms with E-state index in [-0.39, 0.29) is 24.4 Å². The van der Waals surface area contributed by atoms with Gasteiger partial charge in [0.05, 0.1) is 35.8 Å². The van der Waals surface area contributed by atoms with Gasteiger partial charge in [-0.05, 0) is 53.4 Å². The fourth-order valence-electron chi connectivity index (χ4n) is 6.15. The van der Waals surface area contributed by atoms with Crippen LogP contribution in [0.4, 0.5) is 0 Å². The van der Waals surface area contributed by atoms with Crippen molar-refractivity contribution in [2.75, 3.05) is 19.8 Å². The van der Waals surface area contributed by atoms with E-state index in [1.54, 1.807) is 16.7 Å². The summed E-state index contributed by atoms with van der Waals surface area (Å²) < 4.78 is 4.10. The first kappa shape index (κ1) is 25.3. The van der Waals surface area contributed by atoms with Gasteiger partial charge in [-0.1, -0.05) is 31.2 Å². The van der Waals surface area contributed by atoms with Crippen LogP contribution in [0.25, 0.3) is 0 Å². The average molecular weight is 491 g/mol. The Labute approximate surface area is 206 Å². The Morgan fingerprint density at radius 2 is 1.88 bits per heavy atom. The largest absolute Gasteiger partial charge is 0.465 e. The Morgan fingerprint density at radius 1 is 1.15 bits per heavy atom. The van der Waals surface area contributed by atoms with Gasteiger partial charge < -0.3 is 19.6 Å². The van der Waals surface area contributed by atoms with Crippen LogP contribution in [-0.4, -0.2) is 79.6 Å². The van der Waals surface area contributed by atoms with E-state index in [1.165, 1.54) is 0 Å². The number of aliphatic hydroxyl groups excluding tert-OH is 1. The molecule has 0 aromatic heterocycles. The maximum absolute atomic E-state index is 14.2. The lowest BCUT2D eigenvalue weighted by Gasteiger charge is -2.42. The number of fused-ring (bicyclic) bond motifs is 2. The van der Waals surface area contributed by atoms with E-state index in [4.69, 9.17) is 4.74 Å². The molecule has 1 unspecified atom stereocenters. The fourth-order valence-corrected chi connectivity index (χ4v) is 8.29. The normalized spacial score (nSPS) is 38.1. The zero-order valence-corrected chi connectivity index (χ0v) is 21.8. The molecule has 188 valence electrons. The van der Waals surface area contributed by atoms with Crippen LogP contribution in [0.2, 0.25) is 0 Å². The molecule has 8 heteroatoms. The predicted molar refractivity (Wildman–Crippen MR) is 132 cm³/mol. The van der Waals surface area contributed by atoms with Gasteiger partial charge in [-0.15, -0.1) is 11.8 Å². The first-order valence-corrected chi connectivity index (χ1v) is 13.3. The van der Waals surface area contributed by atoms with Crippen molar-refractivity contribution in [1.29, 1.82) is 0 Å². The summed E-state index contributed by atoms with van der Waals surface area (Å²) in [6.07, 6.45) is 11.3. The predicted octanol–water partition coefficient (Wildman–Crippen LogP) is 2.93. The number of amides is 2. The molecule has 0 radical (unpaired) electrons. The van der Waals surface area contributed by atoms with Gasteiger partial charge in [-0.25, -0.2) is 0 Å². The topological polar surface area (TPSA) is 87.2 Å². The van der Waals surface area contributed by atoms with Gasteiger partial charge in [0.1, 0.15) is 6.04 Å². The quantitative estimate of drug-likeness (QED) is 0.484. The Balaban J connectivity index is 1.91. The third kappa shape index (κ3) is 3.81. The van der Waals surface area contributed by atoms with Crippen LogP contribution in [0.5, 0.6) is 0 Å². The van der Waals surface area contributed by atoms with Crippen molar-refractivity contribution in [3.8, 4) is 0 Å². The van der Waals surface area contributed by atoms with E-state index in [0.717, 1.165) is 19.3 Å². The van der Waals surface area contributed by atoms with Crippen molar-refractivity contribution in [3.05, 3.63) is 24.3 Å². The second-order valence-corrected chi connectivity index (χ2v) is 12.9. The number of cyclic esters (lactones) is 1. The monoisotopic (exact) mass is 490 g/mol. The van der Waals surface area contributed by atoms with Crippen molar-refractivity contribution in [3.63, 3.8) is 0 Å². The molecule has 6 atom stereocenters. The van der Waals surface area contributed by atoms with Gasteiger partial charge in [0.15, 0.2) is 0 Å². The van der Waals surface area contributed by atoms with Gasteiger partial charge >= 0.3 is 5.97 Å². The molecule has 1 spiro atoms. The first-order valence-electron chi connectivity index (χ1n) is 12.5. The summed E-state index contributed by atoms with van der Waals surface area (Å²) in [7, 11) is 0. The second-order valence-electron chi connectivity index (χ2n) is 11.1. The molecule has 0 saturated carbocycles. The van der Waals surface area contributed by atoms with E-state index in [1.807, 2.05) is 51.7 Å². The summed E-state index contributed by atoms with van der Waals surface area (Å²) in [5.41, 5.74) is -0.440. The SMILES string of the molecule is CC[C@@H](CO)N1C(=O)[C@@H]2[C@@H]3C(=O)OCCCC/C=C\[C@]3(C)S[C@@]23C=CCN(C(C)(C)C)C(=O)C13. The van der Waals surface area contributed by atoms with Crippen LogP contribution in [0, 0.1) is 11.8 Å². The van der Waals surface area contributed by atoms with Crippen LogP contribution in [0.3, 0.4) is 0 Å². The lowest BCUT2D eigenvalue weighted by molar-refractivity contribution is -0.155. The van der Waals surface area contributed by atoms with Crippen LogP contribution in [-0.2, 0) is 19.1 Å². The molecule has 4 aliphatic heterocycles.